The van der Waals surface area contributed by atoms with E-state index >= 15 is 0 Å². The van der Waals surface area contributed by atoms with Gasteiger partial charge in [-0.1, -0.05) is 0 Å². The Balaban J connectivity index is 1.52. The van der Waals surface area contributed by atoms with Crippen LogP contribution in [0.4, 0.5) is 0 Å². The fourth-order valence-corrected chi connectivity index (χ4v) is 3.56. The molecule has 1 aromatic heterocycles. The van der Waals surface area contributed by atoms with Gasteiger partial charge in [0.25, 0.3) is 0 Å². The van der Waals surface area contributed by atoms with Gasteiger partial charge in [0.2, 0.25) is 0 Å². The third-order valence-electron chi connectivity index (χ3n) is 4.71. The molecule has 1 unspecified atom stereocenters. The topological polar surface area (TPSA) is 48.8 Å². The van der Waals surface area contributed by atoms with Crippen molar-refractivity contribution in [2.24, 2.45) is 0 Å². The van der Waals surface area contributed by atoms with Crippen molar-refractivity contribution in [3.8, 4) is 5.75 Å². The molecule has 0 radical (unpaired) electrons. The van der Waals surface area contributed by atoms with Crippen molar-refractivity contribution in [2.45, 2.75) is 51.9 Å². The lowest BCUT2D eigenvalue weighted by Crippen LogP contribution is -2.34. The van der Waals surface area contributed by atoms with Gasteiger partial charge in [0.1, 0.15) is 5.75 Å². The summed E-state index contributed by atoms with van der Waals surface area (Å²) in [5, 5.41) is 9.59. The van der Waals surface area contributed by atoms with E-state index in [-0.39, 0.29) is 12.2 Å². The minimum Gasteiger partial charge on any atom is -0.491 e. The van der Waals surface area contributed by atoms with Crippen molar-refractivity contribution in [1.82, 2.24) is 14.8 Å². The predicted molar refractivity (Wildman–Crippen MR) is 90.7 cm³/mol. The van der Waals surface area contributed by atoms with Gasteiger partial charge in [-0.05, 0) is 45.8 Å². The molecule has 0 amide bonds. The largest absolute Gasteiger partial charge is 0.491 e. The molecule has 0 aromatic carbocycles. The summed E-state index contributed by atoms with van der Waals surface area (Å²) in [4.78, 5) is 9.41. The van der Waals surface area contributed by atoms with Crippen LogP contribution in [0.3, 0.4) is 0 Å². The van der Waals surface area contributed by atoms with E-state index in [4.69, 9.17) is 4.74 Å². The average Bonchev–Trinajstić information content (AvgIpc) is 2.93. The molecule has 0 aliphatic carbocycles. The summed E-state index contributed by atoms with van der Waals surface area (Å²) in [5.41, 5.74) is 2.46. The van der Waals surface area contributed by atoms with Gasteiger partial charge >= 0.3 is 0 Å². The van der Waals surface area contributed by atoms with Crippen LogP contribution < -0.4 is 4.74 Å². The summed E-state index contributed by atoms with van der Waals surface area (Å²) in [6, 6.07) is 1.99. The lowest BCUT2D eigenvalue weighted by molar-refractivity contribution is 0.171. The maximum absolute atomic E-state index is 9.59. The highest BCUT2D eigenvalue weighted by Gasteiger charge is 2.22. The number of ether oxygens (including phenoxy) is 1. The summed E-state index contributed by atoms with van der Waals surface area (Å²) < 4.78 is 5.96. The van der Waals surface area contributed by atoms with Crippen LogP contribution in [0.5, 0.6) is 5.75 Å². The third kappa shape index (κ3) is 4.43. The number of likely N-dealkylation sites (tertiary alicyclic amines) is 1. The second-order valence-corrected chi connectivity index (χ2v) is 7.02. The molecule has 1 atom stereocenters. The first-order chi connectivity index (χ1) is 11.1. The van der Waals surface area contributed by atoms with Crippen molar-refractivity contribution in [3.63, 3.8) is 0 Å². The minimum atomic E-state index is -0.112. The van der Waals surface area contributed by atoms with Gasteiger partial charge in [-0.25, -0.2) is 0 Å². The molecule has 5 nitrogen and oxygen atoms in total. The number of rotatable bonds is 6. The quantitative estimate of drug-likeness (QED) is 0.864. The van der Waals surface area contributed by atoms with E-state index in [1.54, 1.807) is 0 Å². The van der Waals surface area contributed by atoms with Crippen LogP contribution in [-0.4, -0.2) is 64.8 Å². The van der Waals surface area contributed by atoms with Crippen LogP contribution in [0.15, 0.2) is 12.3 Å². The molecule has 3 rings (SSSR count). The summed E-state index contributed by atoms with van der Waals surface area (Å²) in [6.45, 7) is 10.2. The molecular formula is C18H29N3O2. The molecule has 0 saturated carbocycles. The van der Waals surface area contributed by atoms with Crippen LogP contribution in [0.2, 0.25) is 0 Å². The second kappa shape index (κ2) is 7.60. The van der Waals surface area contributed by atoms with E-state index in [0.717, 1.165) is 64.3 Å². The molecule has 2 aliphatic heterocycles. The first kappa shape index (κ1) is 16.7. The van der Waals surface area contributed by atoms with Gasteiger partial charge in [-0.2, -0.15) is 0 Å². The molecule has 5 heteroatoms. The number of nitrogens with zero attached hydrogens (tertiary/aromatic N) is 3. The molecule has 128 valence electrons. The first-order valence-electron chi connectivity index (χ1n) is 8.88. The van der Waals surface area contributed by atoms with Gasteiger partial charge in [0.15, 0.2) is 0 Å². The lowest BCUT2D eigenvalue weighted by Gasteiger charge is -2.30. The highest BCUT2D eigenvalue weighted by Crippen LogP contribution is 2.27. The Kier molecular flexibility index (Phi) is 5.51. The smallest absolute Gasteiger partial charge is 0.127 e. The van der Waals surface area contributed by atoms with Crippen molar-refractivity contribution in [1.29, 1.82) is 0 Å². The highest BCUT2D eigenvalue weighted by molar-refractivity contribution is 5.37. The normalized spacial score (nSPS) is 22.5. The minimum absolute atomic E-state index is 0.112. The van der Waals surface area contributed by atoms with E-state index in [0.29, 0.717) is 0 Å². The zero-order valence-electron chi connectivity index (χ0n) is 14.4. The maximum Gasteiger partial charge on any atom is 0.127 e. The number of pyridine rings is 1. The molecule has 0 spiro atoms. The summed E-state index contributed by atoms with van der Waals surface area (Å²) in [6.07, 6.45) is 5.04. The molecule has 1 N–H and O–H groups in total. The Labute approximate surface area is 139 Å². The van der Waals surface area contributed by atoms with E-state index < -0.39 is 0 Å². The van der Waals surface area contributed by atoms with Crippen LogP contribution in [0.25, 0.3) is 0 Å². The fraction of sp³-hybridized carbons (Fsp3) is 0.722. The number of fused-ring (bicyclic) bond motifs is 1. The molecule has 2 aliphatic rings. The number of β-amino-alcohol motifs (C(OH)–C–C–N with tert-alkyl or cyclic N) is 1. The number of aliphatic hydroxyl groups is 1. The predicted octanol–water partition coefficient (Wildman–Crippen LogP) is 1.68. The average molecular weight is 319 g/mol. The van der Waals surface area contributed by atoms with Crippen molar-refractivity contribution in [2.75, 3.05) is 32.7 Å². The molecule has 3 heterocycles. The van der Waals surface area contributed by atoms with Gasteiger partial charge in [-0.3, -0.25) is 9.88 Å². The van der Waals surface area contributed by atoms with Crippen LogP contribution in [0.1, 0.15) is 37.9 Å². The van der Waals surface area contributed by atoms with Crippen LogP contribution in [-0.2, 0) is 13.0 Å². The molecule has 1 fully saturated rings. The Hall–Kier alpha value is -1.17. The molecule has 23 heavy (non-hydrogen) atoms. The molecule has 0 bridgehead atoms. The van der Waals surface area contributed by atoms with Gasteiger partial charge in [0, 0.05) is 50.1 Å². The number of aliphatic hydroxyl groups excluding tert-OH is 1. The number of aromatic nitrogens is 1. The Morgan fingerprint density at radius 2 is 2.13 bits per heavy atom. The van der Waals surface area contributed by atoms with Gasteiger partial charge < -0.3 is 14.7 Å². The Bertz CT molecular complexity index is 521. The van der Waals surface area contributed by atoms with E-state index in [1.807, 2.05) is 12.3 Å². The summed E-state index contributed by atoms with van der Waals surface area (Å²) in [5.74, 6) is 0.998. The number of hydrogen-bond donors (Lipinski definition) is 1. The maximum atomic E-state index is 9.59. The van der Waals surface area contributed by atoms with Gasteiger partial charge in [-0.15, -0.1) is 0 Å². The Morgan fingerprint density at radius 3 is 2.87 bits per heavy atom. The number of hydrogen-bond acceptors (Lipinski definition) is 5. The fourth-order valence-electron chi connectivity index (χ4n) is 3.56. The van der Waals surface area contributed by atoms with E-state index in [2.05, 4.69) is 28.6 Å². The Morgan fingerprint density at radius 1 is 1.30 bits per heavy atom. The third-order valence-corrected chi connectivity index (χ3v) is 4.71. The van der Waals surface area contributed by atoms with Crippen molar-refractivity contribution in [3.05, 3.63) is 23.5 Å². The summed E-state index contributed by atoms with van der Waals surface area (Å²) >= 11 is 0. The summed E-state index contributed by atoms with van der Waals surface area (Å²) in [7, 11) is 0. The van der Waals surface area contributed by atoms with Crippen LogP contribution in [0, 0.1) is 0 Å². The van der Waals surface area contributed by atoms with Crippen molar-refractivity contribution < 1.29 is 9.84 Å². The second-order valence-electron chi connectivity index (χ2n) is 7.02. The molecule has 1 saturated heterocycles. The van der Waals surface area contributed by atoms with Crippen LogP contribution >= 0.6 is 0 Å². The van der Waals surface area contributed by atoms with E-state index in [1.165, 1.54) is 11.3 Å². The molecule has 1 aromatic rings. The monoisotopic (exact) mass is 319 g/mol. The SMILES string of the molecule is CC(C)Oc1ccnc2c1CN(CCCN1CCC(O)C1)CC2. The highest BCUT2D eigenvalue weighted by atomic mass is 16.5. The van der Waals surface area contributed by atoms with Gasteiger partial charge in [0.05, 0.1) is 12.2 Å². The molecular weight excluding hydrogens is 290 g/mol. The standard InChI is InChI=1S/C18H29N3O2/c1-14(2)23-18-4-7-19-17-6-11-21(13-16(17)18)9-3-8-20-10-5-15(22)12-20/h4,7,14-15,22H,3,5-6,8-13H2,1-2H3. The lowest BCUT2D eigenvalue weighted by atomic mass is 10.0. The van der Waals surface area contributed by atoms with E-state index in [9.17, 15) is 5.11 Å². The zero-order chi connectivity index (χ0) is 16.2. The first-order valence-corrected chi connectivity index (χ1v) is 8.88. The van der Waals surface area contributed by atoms with Crippen molar-refractivity contribution >= 4 is 0 Å². The zero-order valence-corrected chi connectivity index (χ0v) is 14.4.